The lowest BCUT2D eigenvalue weighted by Gasteiger charge is -2.31. The molecule has 3 amide bonds. The van der Waals surface area contributed by atoms with E-state index in [2.05, 4.69) is 23.5 Å². The van der Waals surface area contributed by atoms with Gasteiger partial charge in [0.1, 0.15) is 0 Å². The van der Waals surface area contributed by atoms with Crippen molar-refractivity contribution in [3.8, 4) is 0 Å². The average molecular weight is 329 g/mol. The molecule has 24 heavy (non-hydrogen) atoms. The Bertz CT molecular complexity index is 621. The first-order valence-electron chi connectivity index (χ1n) is 9.01. The molecule has 0 aromatic heterocycles. The minimum Gasteiger partial charge on any atom is -0.369 e. The van der Waals surface area contributed by atoms with Crippen molar-refractivity contribution in [3.05, 3.63) is 34.9 Å². The number of hydrogen-bond donors (Lipinski definition) is 2. The third-order valence-corrected chi connectivity index (χ3v) is 5.40. The van der Waals surface area contributed by atoms with Crippen molar-refractivity contribution in [2.24, 2.45) is 11.7 Å². The van der Waals surface area contributed by atoms with Crippen LogP contribution in [0.25, 0.3) is 0 Å². The van der Waals surface area contributed by atoms with Gasteiger partial charge in [-0.15, -0.1) is 0 Å². The van der Waals surface area contributed by atoms with E-state index in [1.165, 1.54) is 30.4 Å². The van der Waals surface area contributed by atoms with Crippen LogP contribution in [0.1, 0.15) is 55.3 Å². The van der Waals surface area contributed by atoms with Crippen LogP contribution in [0.4, 0.5) is 4.79 Å². The fourth-order valence-electron chi connectivity index (χ4n) is 3.75. The van der Waals surface area contributed by atoms with Gasteiger partial charge in [0.05, 0.1) is 6.04 Å². The van der Waals surface area contributed by atoms with Crippen molar-refractivity contribution in [1.82, 2.24) is 10.2 Å². The quantitative estimate of drug-likeness (QED) is 0.894. The molecule has 0 unspecified atom stereocenters. The van der Waals surface area contributed by atoms with Crippen LogP contribution in [0, 0.1) is 5.92 Å². The van der Waals surface area contributed by atoms with Crippen molar-refractivity contribution in [2.45, 2.75) is 51.5 Å². The molecule has 0 bridgehead atoms. The molecule has 1 fully saturated rings. The summed E-state index contributed by atoms with van der Waals surface area (Å²) in [6, 6.07) is 6.53. The van der Waals surface area contributed by atoms with Gasteiger partial charge in [-0.25, -0.2) is 4.79 Å². The van der Waals surface area contributed by atoms with Gasteiger partial charge in [0, 0.05) is 19.0 Å². The number of nitrogens with zero attached hydrogens (tertiary/aromatic N) is 1. The van der Waals surface area contributed by atoms with E-state index in [0.29, 0.717) is 25.9 Å². The first-order chi connectivity index (χ1) is 11.5. The number of fused-ring (bicyclic) bond motifs is 1. The fraction of sp³-hybridized carbons (Fsp3) is 0.579. The van der Waals surface area contributed by atoms with Crippen molar-refractivity contribution in [1.29, 1.82) is 0 Å². The van der Waals surface area contributed by atoms with Gasteiger partial charge in [-0.1, -0.05) is 18.2 Å². The van der Waals surface area contributed by atoms with Crippen LogP contribution < -0.4 is 11.1 Å². The molecule has 5 heteroatoms. The summed E-state index contributed by atoms with van der Waals surface area (Å²) in [4.78, 5) is 25.4. The molecule has 5 nitrogen and oxygen atoms in total. The summed E-state index contributed by atoms with van der Waals surface area (Å²) in [6.07, 6.45) is 6.17. The van der Waals surface area contributed by atoms with Gasteiger partial charge >= 0.3 is 6.03 Å². The highest BCUT2D eigenvalue weighted by Crippen LogP contribution is 2.25. The number of carbonyl (C=O) groups excluding carboxylic acids is 2. The molecule has 0 spiro atoms. The van der Waals surface area contributed by atoms with E-state index in [9.17, 15) is 9.59 Å². The van der Waals surface area contributed by atoms with Gasteiger partial charge < -0.3 is 16.0 Å². The number of benzene rings is 1. The summed E-state index contributed by atoms with van der Waals surface area (Å²) in [6.45, 7) is 3.21. The number of primary amides is 1. The Morgan fingerprint density at radius 3 is 2.50 bits per heavy atom. The summed E-state index contributed by atoms with van der Waals surface area (Å²) in [5.41, 5.74) is 9.39. The molecule has 0 radical (unpaired) electrons. The van der Waals surface area contributed by atoms with Crippen LogP contribution in [0.15, 0.2) is 18.2 Å². The number of carbonyl (C=O) groups is 2. The number of hydrogen-bond acceptors (Lipinski definition) is 2. The highest BCUT2D eigenvalue weighted by Gasteiger charge is 2.26. The monoisotopic (exact) mass is 329 g/mol. The third-order valence-electron chi connectivity index (χ3n) is 5.40. The summed E-state index contributed by atoms with van der Waals surface area (Å²) >= 11 is 0. The second-order valence-electron chi connectivity index (χ2n) is 7.07. The van der Waals surface area contributed by atoms with Gasteiger partial charge in [-0.2, -0.15) is 0 Å². The van der Waals surface area contributed by atoms with Crippen LogP contribution in [-0.4, -0.2) is 29.9 Å². The molecule has 1 aromatic rings. The van der Waals surface area contributed by atoms with E-state index >= 15 is 0 Å². The molecule has 1 aromatic carbocycles. The van der Waals surface area contributed by atoms with Gasteiger partial charge in [0.25, 0.3) is 0 Å². The van der Waals surface area contributed by atoms with Crippen molar-refractivity contribution >= 4 is 11.9 Å². The standard InChI is InChI=1S/C19H27N3O2/c1-13(16-7-6-14-4-2-3-5-17(14)12-16)21-19(24)22-10-8-15(9-11-22)18(20)23/h6-7,12-13,15H,2-5,8-11H2,1H3,(H2,20,23)(H,21,24)/t13-/m1/s1. The lowest BCUT2D eigenvalue weighted by molar-refractivity contribution is -0.123. The average Bonchev–Trinajstić information content (AvgIpc) is 2.61. The minimum atomic E-state index is -0.252. The van der Waals surface area contributed by atoms with E-state index < -0.39 is 0 Å². The maximum absolute atomic E-state index is 12.4. The van der Waals surface area contributed by atoms with Crippen LogP contribution in [0.3, 0.4) is 0 Å². The molecule has 1 aliphatic heterocycles. The van der Waals surface area contributed by atoms with Crippen molar-refractivity contribution in [2.75, 3.05) is 13.1 Å². The van der Waals surface area contributed by atoms with Crippen LogP contribution >= 0.6 is 0 Å². The number of amides is 3. The smallest absolute Gasteiger partial charge is 0.317 e. The number of nitrogens with one attached hydrogen (secondary N) is 1. The van der Waals surface area contributed by atoms with E-state index in [-0.39, 0.29) is 23.9 Å². The van der Waals surface area contributed by atoms with Crippen LogP contribution in [0.2, 0.25) is 0 Å². The molecule has 1 aliphatic carbocycles. The Labute approximate surface area is 143 Å². The zero-order chi connectivity index (χ0) is 17.1. The first-order valence-corrected chi connectivity index (χ1v) is 9.01. The zero-order valence-electron chi connectivity index (χ0n) is 14.4. The second kappa shape index (κ2) is 7.24. The third kappa shape index (κ3) is 3.71. The van der Waals surface area contributed by atoms with Gasteiger partial charge in [0.2, 0.25) is 5.91 Å². The second-order valence-corrected chi connectivity index (χ2v) is 7.07. The Morgan fingerprint density at radius 1 is 1.17 bits per heavy atom. The lowest BCUT2D eigenvalue weighted by Crippen LogP contribution is -2.46. The number of rotatable bonds is 3. The van der Waals surface area contributed by atoms with E-state index in [1.807, 2.05) is 6.92 Å². The predicted molar refractivity (Wildman–Crippen MR) is 93.5 cm³/mol. The van der Waals surface area contributed by atoms with E-state index in [1.54, 1.807) is 4.90 Å². The number of aryl methyl sites for hydroxylation is 2. The maximum Gasteiger partial charge on any atom is 0.317 e. The normalized spacial score (nSPS) is 19.5. The molecule has 0 saturated carbocycles. The van der Waals surface area contributed by atoms with Crippen LogP contribution in [-0.2, 0) is 17.6 Å². The Hall–Kier alpha value is -2.04. The largest absolute Gasteiger partial charge is 0.369 e. The molecule has 3 rings (SSSR count). The maximum atomic E-state index is 12.4. The molecule has 1 saturated heterocycles. The predicted octanol–water partition coefficient (Wildman–Crippen LogP) is 2.53. The molecule has 1 heterocycles. The molecular weight excluding hydrogens is 302 g/mol. The number of piperidine rings is 1. The highest BCUT2D eigenvalue weighted by molar-refractivity contribution is 5.78. The molecule has 1 atom stereocenters. The first kappa shape index (κ1) is 16.8. The topological polar surface area (TPSA) is 75.4 Å². The van der Waals surface area contributed by atoms with Gasteiger partial charge in [-0.3, -0.25) is 4.79 Å². The zero-order valence-corrected chi connectivity index (χ0v) is 14.4. The van der Waals surface area contributed by atoms with Gasteiger partial charge in [0.15, 0.2) is 0 Å². The minimum absolute atomic E-state index is 0.0152. The van der Waals surface area contributed by atoms with Gasteiger partial charge in [-0.05, 0) is 62.1 Å². The Morgan fingerprint density at radius 2 is 1.83 bits per heavy atom. The van der Waals surface area contributed by atoms with E-state index in [4.69, 9.17) is 5.73 Å². The Kier molecular flexibility index (Phi) is 5.07. The molecular formula is C19H27N3O2. The Balaban J connectivity index is 1.57. The number of nitrogens with two attached hydrogens (primary N) is 1. The van der Waals surface area contributed by atoms with Crippen molar-refractivity contribution in [3.63, 3.8) is 0 Å². The highest BCUT2D eigenvalue weighted by atomic mass is 16.2. The number of likely N-dealkylation sites (tertiary alicyclic amines) is 1. The molecule has 130 valence electrons. The van der Waals surface area contributed by atoms with Crippen LogP contribution in [0.5, 0.6) is 0 Å². The molecule has 3 N–H and O–H groups in total. The summed E-state index contributed by atoms with van der Waals surface area (Å²) in [5, 5.41) is 3.09. The fourth-order valence-corrected chi connectivity index (χ4v) is 3.75. The van der Waals surface area contributed by atoms with E-state index in [0.717, 1.165) is 12.0 Å². The molecule has 2 aliphatic rings. The summed E-state index contributed by atoms with van der Waals surface area (Å²) < 4.78 is 0. The summed E-state index contributed by atoms with van der Waals surface area (Å²) in [7, 11) is 0. The van der Waals surface area contributed by atoms with Crippen molar-refractivity contribution < 1.29 is 9.59 Å². The SMILES string of the molecule is C[C@@H](NC(=O)N1CCC(C(N)=O)CC1)c1ccc2c(c1)CCCC2. The lowest BCUT2D eigenvalue weighted by atomic mass is 9.89. The summed E-state index contributed by atoms with van der Waals surface area (Å²) in [5.74, 6) is -0.343. The number of urea groups is 1.